The predicted molar refractivity (Wildman–Crippen MR) is 133 cm³/mol. The van der Waals surface area contributed by atoms with Gasteiger partial charge >= 0.3 is 0 Å². The van der Waals surface area contributed by atoms with Crippen molar-refractivity contribution in [3.05, 3.63) is 110 Å². The minimum atomic E-state index is -0.407. The highest BCUT2D eigenvalue weighted by Crippen LogP contribution is 2.28. The Morgan fingerprint density at radius 3 is 2.50 bits per heavy atom. The Morgan fingerprint density at radius 2 is 1.79 bits per heavy atom. The molecule has 1 heterocycles. The van der Waals surface area contributed by atoms with E-state index >= 15 is 0 Å². The number of carbonyl (C=O) groups excluding carboxylic acids is 1. The monoisotopic (exact) mass is 517 g/mol. The summed E-state index contributed by atoms with van der Waals surface area (Å²) in [5, 5.41) is 8.41. The number of ether oxygens (including phenoxy) is 1. The van der Waals surface area contributed by atoms with Gasteiger partial charge in [0.25, 0.3) is 5.91 Å². The van der Waals surface area contributed by atoms with Gasteiger partial charge in [-0.2, -0.15) is 5.10 Å². The van der Waals surface area contributed by atoms with E-state index < -0.39 is 5.82 Å². The number of nitrogens with one attached hydrogen (secondary N) is 1. The summed E-state index contributed by atoms with van der Waals surface area (Å²) in [5.41, 5.74) is 2.41. The SMILES string of the molecule is Cc1cc(NC(=O)c2ccc(COc3ccc(Cl)cc3Cl)cc2)nn1Cc1c(F)cccc1Cl. The summed E-state index contributed by atoms with van der Waals surface area (Å²) < 4.78 is 21.4. The van der Waals surface area contributed by atoms with Gasteiger partial charge in [-0.1, -0.05) is 53.0 Å². The van der Waals surface area contributed by atoms with Gasteiger partial charge in [-0.3, -0.25) is 9.48 Å². The quantitative estimate of drug-likeness (QED) is 0.282. The average Bonchev–Trinajstić information content (AvgIpc) is 3.14. The minimum absolute atomic E-state index is 0.152. The Kier molecular flexibility index (Phi) is 7.41. The van der Waals surface area contributed by atoms with Gasteiger partial charge in [-0.15, -0.1) is 0 Å². The molecule has 1 amide bonds. The second kappa shape index (κ2) is 10.5. The first-order valence-electron chi connectivity index (χ1n) is 10.3. The molecule has 34 heavy (non-hydrogen) atoms. The van der Waals surface area contributed by atoms with E-state index in [9.17, 15) is 9.18 Å². The molecule has 0 saturated heterocycles. The summed E-state index contributed by atoms with van der Waals surface area (Å²) in [7, 11) is 0. The summed E-state index contributed by atoms with van der Waals surface area (Å²) >= 11 is 18.1. The van der Waals surface area contributed by atoms with E-state index in [1.54, 1.807) is 65.3 Å². The number of rotatable bonds is 7. The molecule has 0 saturated carbocycles. The van der Waals surface area contributed by atoms with Crippen LogP contribution in [-0.4, -0.2) is 15.7 Å². The Hall–Kier alpha value is -3.06. The fourth-order valence-electron chi connectivity index (χ4n) is 3.26. The molecule has 0 aliphatic carbocycles. The lowest BCUT2D eigenvalue weighted by Gasteiger charge is -2.09. The highest BCUT2D eigenvalue weighted by molar-refractivity contribution is 6.35. The zero-order chi connectivity index (χ0) is 24.2. The zero-order valence-electron chi connectivity index (χ0n) is 18.0. The van der Waals surface area contributed by atoms with Gasteiger partial charge in [-0.25, -0.2) is 4.39 Å². The van der Waals surface area contributed by atoms with E-state index in [1.807, 2.05) is 6.92 Å². The molecule has 1 aromatic heterocycles. The molecular formula is C25H19Cl3FN3O2. The van der Waals surface area contributed by atoms with Crippen molar-refractivity contribution in [2.75, 3.05) is 5.32 Å². The fourth-order valence-corrected chi connectivity index (χ4v) is 3.94. The van der Waals surface area contributed by atoms with Crippen molar-refractivity contribution in [3.63, 3.8) is 0 Å². The lowest BCUT2D eigenvalue weighted by atomic mass is 10.1. The molecule has 0 aliphatic heterocycles. The summed E-state index contributed by atoms with van der Waals surface area (Å²) in [6.45, 7) is 2.25. The van der Waals surface area contributed by atoms with Gasteiger partial charge in [0.15, 0.2) is 5.82 Å². The number of anilines is 1. The van der Waals surface area contributed by atoms with E-state index in [4.69, 9.17) is 39.5 Å². The number of aromatic nitrogens is 2. The normalized spacial score (nSPS) is 10.9. The highest BCUT2D eigenvalue weighted by Gasteiger charge is 2.13. The van der Waals surface area contributed by atoms with Crippen molar-refractivity contribution in [3.8, 4) is 5.75 Å². The third-order valence-corrected chi connectivity index (χ3v) is 5.98. The van der Waals surface area contributed by atoms with Crippen LogP contribution in [0, 0.1) is 12.7 Å². The maximum absolute atomic E-state index is 14.1. The second-order valence-electron chi connectivity index (χ2n) is 7.54. The van der Waals surface area contributed by atoms with E-state index in [-0.39, 0.29) is 19.1 Å². The summed E-state index contributed by atoms with van der Waals surface area (Å²) in [6, 6.07) is 18.2. The van der Waals surface area contributed by atoms with E-state index in [2.05, 4.69) is 10.4 Å². The maximum Gasteiger partial charge on any atom is 0.256 e. The van der Waals surface area contributed by atoms with E-state index in [0.29, 0.717) is 37.8 Å². The molecule has 0 spiro atoms. The van der Waals surface area contributed by atoms with Gasteiger partial charge in [-0.05, 0) is 55.0 Å². The molecule has 4 aromatic rings. The van der Waals surface area contributed by atoms with Crippen LogP contribution in [0.1, 0.15) is 27.2 Å². The third-order valence-electron chi connectivity index (χ3n) is 5.10. The Labute approximate surface area is 211 Å². The number of benzene rings is 3. The topological polar surface area (TPSA) is 56.1 Å². The van der Waals surface area contributed by atoms with Crippen molar-refractivity contribution < 1.29 is 13.9 Å². The van der Waals surface area contributed by atoms with Gasteiger partial charge in [0.2, 0.25) is 0 Å². The molecule has 3 aromatic carbocycles. The minimum Gasteiger partial charge on any atom is -0.487 e. The van der Waals surface area contributed by atoms with Crippen molar-refractivity contribution in [2.45, 2.75) is 20.1 Å². The van der Waals surface area contributed by atoms with E-state index in [0.717, 1.165) is 11.3 Å². The Morgan fingerprint density at radius 1 is 1.03 bits per heavy atom. The molecule has 0 aliphatic rings. The summed E-state index contributed by atoms with van der Waals surface area (Å²) in [5.74, 6) is 0.160. The van der Waals surface area contributed by atoms with Crippen LogP contribution in [0.15, 0.2) is 66.7 Å². The molecule has 1 N–H and O–H groups in total. The number of amides is 1. The van der Waals surface area contributed by atoms with Crippen LogP contribution in [0.3, 0.4) is 0 Å². The number of hydrogen-bond donors (Lipinski definition) is 1. The predicted octanol–water partition coefficient (Wildman–Crippen LogP) is 7.17. The average molecular weight is 519 g/mol. The first-order chi connectivity index (χ1) is 16.3. The van der Waals surface area contributed by atoms with Gasteiger partial charge < -0.3 is 10.1 Å². The number of halogens is 4. The van der Waals surface area contributed by atoms with Crippen LogP contribution >= 0.6 is 34.8 Å². The first kappa shape index (κ1) is 24.1. The van der Waals surface area contributed by atoms with Crippen LogP contribution in [0.5, 0.6) is 5.75 Å². The first-order valence-corrected chi connectivity index (χ1v) is 11.4. The molecule has 0 radical (unpaired) electrons. The van der Waals surface area contributed by atoms with Crippen molar-refractivity contribution in [1.29, 1.82) is 0 Å². The Balaban J connectivity index is 1.38. The smallest absolute Gasteiger partial charge is 0.256 e. The lowest BCUT2D eigenvalue weighted by Crippen LogP contribution is -2.13. The van der Waals surface area contributed by atoms with Gasteiger partial charge in [0, 0.05) is 32.9 Å². The second-order valence-corrected chi connectivity index (χ2v) is 8.79. The molecule has 0 fully saturated rings. The zero-order valence-corrected chi connectivity index (χ0v) is 20.3. The third kappa shape index (κ3) is 5.70. The van der Waals surface area contributed by atoms with Crippen LogP contribution in [0.2, 0.25) is 15.1 Å². The van der Waals surface area contributed by atoms with Crippen molar-refractivity contribution in [1.82, 2.24) is 9.78 Å². The molecule has 0 unspecified atom stereocenters. The number of carbonyl (C=O) groups is 1. The molecule has 174 valence electrons. The standard InChI is InChI=1S/C25H19Cl3FN3O2/c1-15-11-24(31-32(15)13-19-20(27)3-2-4-22(19)29)30-25(33)17-7-5-16(6-8-17)14-34-23-10-9-18(26)12-21(23)28/h2-12H,13-14H2,1H3,(H,30,31,33). The molecular weight excluding hydrogens is 500 g/mol. The summed E-state index contributed by atoms with van der Waals surface area (Å²) in [6.07, 6.45) is 0. The number of hydrogen-bond acceptors (Lipinski definition) is 3. The van der Waals surface area contributed by atoms with E-state index in [1.165, 1.54) is 6.07 Å². The molecule has 0 bridgehead atoms. The van der Waals surface area contributed by atoms with Crippen molar-refractivity contribution in [2.24, 2.45) is 0 Å². The van der Waals surface area contributed by atoms with Crippen molar-refractivity contribution >= 4 is 46.5 Å². The molecule has 9 heteroatoms. The molecule has 4 rings (SSSR count). The maximum atomic E-state index is 14.1. The number of aryl methyl sites for hydroxylation is 1. The highest BCUT2D eigenvalue weighted by atomic mass is 35.5. The van der Waals surface area contributed by atoms with Crippen LogP contribution < -0.4 is 10.1 Å². The van der Waals surface area contributed by atoms with Crippen LogP contribution in [0.4, 0.5) is 10.2 Å². The fraction of sp³-hybridized carbons (Fsp3) is 0.120. The number of nitrogens with zero attached hydrogens (tertiary/aromatic N) is 2. The van der Waals surface area contributed by atoms with Gasteiger partial charge in [0.05, 0.1) is 11.6 Å². The largest absolute Gasteiger partial charge is 0.487 e. The molecule has 0 atom stereocenters. The lowest BCUT2D eigenvalue weighted by molar-refractivity contribution is 0.102. The molecule has 5 nitrogen and oxygen atoms in total. The summed E-state index contributed by atoms with van der Waals surface area (Å²) in [4.78, 5) is 12.7. The van der Waals surface area contributed by atoms with Gasteiger partial charge in [0.1, 0.15) is 18.2 Å². The van der Waals surface area contributed by atoms with Crippen LogP contribution in [0.25, 0.3) is 0 Å². The van der Waals surface area contributed by atoms with Crippen LogP contribution in [-0.2, 0) is 13.2 Å². The Bertz CT molecular complexity index is 1320.